The minimum Gasteiger partial charge on any atom is -0.475 e. The Kier molecular flexibility index (Phi) is 4.86. The van der Waals surface area contributed by atoms with Crippen LogP contribution < -0.4 is 10.1 Å². The molecule has 0 unspecified atom stereocenters. The summed E-state index contributed by atoms with van der Waals surface area (Å²) in [5.74, 6) is 1.12. The zero-order valence-corrected chi connectivity index (χ0v) is 17.0. The van der Waals surface area contributed by atoms with E-state index in [1.165, 1.54) is 0 Å². The molecule has 1 aromatic rings. The fourth-order valence-electron chi connectivity index (χ4n) is 3.60. The van der Waals surface area contributed by atoms with E-state index < -0.39 is 11.1 Å². The molecule has 1 aromatic heterocycles. The van der Waals surface area contributed by atoms with Gasteiger partial charge in [0, 0.05) is 32.1 Å². The lowest BCUT2D eigenvalue weighted by Crippen LogP contribution is -2.49. The summed E-state index contributed by atoms with van der Waals surface area (Å²) in [6.07, 6.45) is 1.38. The molecule has 1 saturated carbocycles. The maximum Gasteiger partial charge on any atom is 0.410 e. The second kappa shape index (κ2) is 6.73. The highest BCUT2D eigenvalue weighted by molar-refractivity contribution is 5.84. The molecule has 2 fully saturated rings. The first-order chi connectivity index (χ1) is 12.5. The number of carbonyl (C=O) groups excluding carboxylic acids is 2. The summed E-state index contributed by atoms with van der Waals surface area (Å²) < 4.78 is 12.8. The van der Waals surface area contributed by atoms with Gasteiger partial charge in [0.25, 0.3) is 0 Å². The number of ether oxygens (including phenoxy) is 2. The molecule has 2 amide bonds. The third-order valence-electron chi connectivity index (χ3n) is 4.97. The van der Waals surface area contributed by atoms with E-state index in [0.29, 0.717) is 25.6 Å². The highest BCUT2D eigenvalue weighted by Crippen LogP contribution is 2.52. The van der Waals surface area contributed by atoms with Crippen molar-refractivity contribution in [3.8, 4) is 5.88 Å². The van der Waals surface area contributed by atoms with Crippen molar-refractivity contribution in [2.45, 2.75) is 45.8 Å². The van der Waals surface area contributed by atoms with Crippen molar-refractivity contribution in [2.24, 2.45) is 24.8 Å². The Balaban J connectivity index is 1.45. The van der Waals surface area contributed by atoms with E-state index in [2.05, 4.69) is 10.4 Å². The van der Waals surface area contributed by atoms with E-state index in [-0.39, 0.29) is 29.8 Å². The van der Waals surface area contributed by atoms with Gasteiger partial charge in [0.05, 0.1) is 11.7 Å². The van der Waals surface area contributed by atoms with Gasteiger partial charge >= 0.3 is 6.09 Å². The number of rotatable bonds is 5. The fourth-order valence-corrected chi connectivity index (χ4v) is 3.60. The molecule has 0 radical (unpaired) electrons. The van der Waals surface area contributed by atoms with Crippen molar-refractivity contribution in [3.05, 3.63) is 12.3 Å². The van der Waals surface area contributed by atoms with Crippen LogP contribution >= 0.6 is 0 Å². The molecular formula is C19H30N4O4. The maximum atomic E-state index is 12.6. The molecule has 3 atom stereocenters. The first-order valence-electron chi connectivity index (χ1n) is 9.38. The SMILES string of the molecule is Cn1nccc1OCC(C)(C)NC(=O)[C@H]1[C@@H]2CN(C(=O)OC(C)(C)C)C[C@@H]21. The summed E-state index contributed by atoms with van der Waals surface area (Å²) in [5, 5.41) is 7.14. The lowest BCUT2D eigenvalue weighted by atomic mass is 10.1. The number of aryl methyl sites for hydroxylation is 1. The quantitative estimate of drug-likeness (QED) is 0.844. The van der Waals surface area contributed by atoms with Crippen molar-refractivity contribution in [1.82, 2.24) is 20.0 Å². The van der Waals surface area contributed by atoms with E-state index >= 15 is 0 Å². The van der Waals surface area contributed by atoms with Crippen LogP contribution in [-0.2, 0) is 16.6 Å². The molecule has 0 bridgehead atoms. The number of aromatic nitrogens is 2. The van der Waals surface area contributed by atoms with Gasteiger partial charge in [-0.2, -0.15) is 5.10 Å². The molecule has 0 spiro atoms. The van der Waals surface area contributed by atoms with Crippen LogP contribution in [0.4, 0.5) is 4.79 Å². The first kappa shape index (κ1) is 19.5. The molecular weight excluding hydrogens is 348 g/mol. The molecule has 8 nitrogen and oxygen atoms in total. The minimum absolute atomic E-state index is 0.0281. The highest BCUT2D eigenvalue weighted by atomic mass is 16.6. The number of amides is 2. The Labute approximate surface area is 160 Å². The standard InChI is InChI=1S/C19H30N4O4/c1-18(2,3)27-17(25)23-9-12-13(10-23)15(12)16(24)21-19(4,5)11-26-14-7-8-20-22(14)6/h7-8,12-13,15H,9-11H2,1-6H3,(H,21,24)/t12-,13+,15+. The molecule has 27 heavy (non-hydrogen) atoms. The highest BCUT2D eigenvalue weighted by Gasteiger charge is 2.61. The van der Waals surface area contributed by atoms with Gasteiger partial charge in [-0.3, -0.25) is 4.79 Å². The Bertz CT molecular complexity index is 710. The number of hydrogen-bond donors (Lipinski definition) is 1. The van der Waals surface area contributed by atoms with Crippen LogP contribution in [0.3, 0.4) is 0 Å². The molecule has 1 aliphatic carbocycles. The van der Waals surface area contributed by atoms with Crippen molar-refractivity contribution in [3.63, 3.8) is 0 Å². The number of piperidine rings is 1. The first-order valence-corrected chi connectivity index (χ1v) is 9.38. The predicted molar refractivity (Wildman–Crippen MR) is 99.2 cm³/mol. The van der Waals surface area contributed by atoms with E-state index in [4.69, 9.17) is 9.47 Å². The van der Waals surface area contributed by atoms with Crippen molar-refractivity contribution >= 4 is 12.0 Å². The zero-order chi connectivity index (χ0) is 20.0. The summed E-state index contributed by atoms with van der Waals surface area (Å²) in [6.45, 7) is 11.0. The predicted octanol–water partition coefficient (Wildman–Crippen LogP) is 1.81. The Morgan fingerprint density at radius 1 is 1.22 bits per heavy atom. The largest absolute Gasteiger partial charge is 0.475 e. The summed E-state index contributed by atoms with van der Waals surface area (Å²) >= 11 is 0. The van der Waals surface area contributed by atoms with Crippen LogP contribution in [0.1, 0.15) is 34.6 Å². The van der Waals surface area contributed by atoms with E-state index in [0.717, 1.165) is 0 Å². The number of nitrogens with one attached hydrogen (secondary N) is 1. The van der Waals surface area contributed by atoms with Crippen molar-refractivity contribution in [2.75, 3.05) is 19.7 Å². The smallest absolute Gasteiger partial charge is 0.410 e. The Morgan fingerprint density at radius 2 is 1.85 bits per heavy atom. The molecule has 8 heteroatoms. The third kappa shape index (κ3) is 4.54. The molecule has 2 aliphatic rings. The van der Waals surface area contributed by atoms with E-state index in [1.807, 2.05) is 41.7 Å². The number of likely N-dealkylation sites (tertiary alicyclic amines) is 1. The van der Waals surface area contributed by atoms with Gasteiger partial charge in [-0.05, 0) is 46.5 Å². The third-order valence-corrected chi connectivity index (χ3v) is 4.97. The van der Waals surface area contributed by atoms with Gasteiger partial charge < -0.3 is 19.7 Å². The number of hydrogen-bond acceptors (Lipinski definition) is 5. The lowest BCUT2D eigenvalue weighted by Gasteiger charge is -2.28. The van der Waals surface area contributed by atoms with Crippen LogP contribution in [0.15, 0.2) is 12.3 Å². The van der Waals surface area contributed by atoms with Gasteiger partial charge in [0.2, 0.25) is 11.8 Å². The fraction of sp³-hybridized carbons (Fsp3) is 0.737. The number of carbonyl (C=O) groups is 2. The minimum atomic E-state index is -0.501. The normalized spacial score (nSPS) is 24.4. The summed E-state index contributed by atoms with van der Waals surface area (Å²) in [4.78, 5) is 26.5. The Morgan fingerprint density at radius 3 is 2.37 bits per heavy atom. The Hall–Kier alpha value is -2.25. The van der Waals surface area contributed by atoms with Crippen LogP contribution in [-0.4, -0.2) is 57.5 Å². The molecule has 150 valence electrons. The number of nitrogens with zero attached hydrogens (tertiary/aromatic N) is 3. The van der Waals surface area contributed by atoms with Gasteiger partial charge in [-0.25, -0.2) is 9.48 Å². The van der Waals surface area contributed by atoms with Gasteiger partial charge in [-0.15, -0.1) is 0 Å². The number of fused-ring (bicyclic) bond motifs is 1. The average molecular weight is 378 g/mol. The molecule has 1 saturated heterocycles. The van der Waals surface area contributed by atoms with E-state index in [9.17, 15) is 9.59 Å². The zero-order valence-electron chi connectivity index (χ0n) is 17.0. The van der Waals surface area contributed by atoms with Crippen molar-refractivity contribution in [1.29, 1.82) is 0 Å². The summed E-state index contributed by atoms with van der Waals surface area (Å²) in [7, 11) is 1.81. The van der Waals surface area contributed by atoms with Crippen LogP contribution in [0.2, 0.25) is 0 Å². The second-order valence-corrected chi connectivity index (χ2v) is 9.19. The van der Waals surface area contributed by atoms with Crippen LogP contribution in [0, 0.1) is 17.8 Å². The van der Waals surface area contributed by atoms with Crippen LogP contribution in [0.5, 0.6) is 5.88 Å². The molecule has 2 heterocycles. The lowest BCUT2D eigenvalue weighted by molar-refractivity contribution is -0.125. The van der Waals surface area contributed by atoms with Gasteiger partial charge in [0.15, 0.2) is 0 Å². The van der Waals surface area contributed by atoms with E-state index in [1.54, 1.807) is 21.8 Å². The average Bonchev–Trinajstić information content (AvgIpc) is 2.86. The monoisotopic (exact) mass is 378 g/mol. The maximum absolute atomic E-state index is 12.6. The summed E-state index contributed by atoms with van der Waals surface area (Å²) in [5.41, 5.74) is -0.998. The molecule has 0 aromatic carbocycles. The van der Waals surface area contributed by atoms with Crippen LogP contribution in [0.25, 0.3) is 0 Å². The molecule has 3 rings (SSSR count). The molecule has 1 aliphatic heterocycles. The second-order valence-electron chi connectivity index (χ2n) is 9.19. The topological polar surface area (TPSA) is 85.7 Å². The summed E-state index contributed by atoms with van der Waals surface area (Å²) in [6, 6.07) is 1.79. The van der Waals surface area contributed by atoms with Gasteiger partial charge in [0.1, 0.15) is 12.2 Å². The van der Waals surface area contributed by atoms with Gasteiger partial charge in [-0.1, -0.05) is 0 Å². The van der Waals surface area contributed by atoms with Crippen molar-refractivity contribution < 1.29 is 19.1 Å². The molecule has 1 N–H and O–H groups in total.